The number of morpholine rings is 1. The molecule has 1 aliphatic heterocycles. The Hall–Kier alpha value is -2.59. The Morgan fingerprint density at radius 3 is 2.41 bits per heavy atom. The zero-order valence-electron chi connectivity index (χ0n) is 11.7. The highest BCUT2D eigenvalue weighted by Gasteiger charge is 2.20. The van der Waals surface area contributed by atoms with Gasteiger partial charge >= 0.3 is 5.84 Å². The van der Waals surface area contributed by atoms with Gasteiger partial charge in [0.1, 0.15) is 6.54 Å². The van der Waals surface area contributed by atoms with Crippen LogP contribution in [0.1, 0.15) is 0 Å². The molecular weight excluding hydrogens is 294 g/mol. The van der Waals surface area contributed by atoms with E-state index in [-0.39, 0.29) is 18.1 Å². The maximum Gasteiger partial charge on any atom is 0.377 e. The standard InChI is InChI=1S/C12H15N5O5/c18-16(19)11-3-1-10(2-4-11)13-14-12(17(20)21)9-15-5-7-22-8-6-15/h1-4,13H,5-9H2/b14-12-. The van der Waals surface area contributed by atoms with Crippen LogP contribution in [-0.4, -0.2) is 53.4 Å². The zero-order valence-corrected chi connectivity index (χ0v) is 11.7. The number of non-ortho nitro benzene ring substituents is 1. The molecule has 0 spiro atoms. The predicted molar refractivity (Wildman–Crippen MR) is 78.4 cm³/mol. The van der Waals surface area contributed by atoms with Crippen LogP contribution in [0, 0.1) is 20.2 Å². The largest absolute Gasteiger partial charge is 0.379 e. The summed E-state index contributed by atoms with van der Waals surface area (Å²) in [6, 6.07) is 5.47. The third-order valence-electron chi connectivity index (χ3n) is 3.07. The van der Waals surface area contributed by atoms with Crippen LogP contribution >= 0.6 is 0 Å². The van der Waals surface area contributed by atoms with Gasteiger partial charge in [-0.3, -0.25) is 15.0 Å². The number of ether oxygens (including phenoxy) is 1. The minimum atomic E-state index is -0.548. The van der Waals surface area contributed by atoms with Gasteiger partial charge in [0, 0.05) is 25.2 Å². The number of anilines is 1. The van der Waals surface area contributed by atoms with Gasteiger partial charge in [0.25, 0.3) is 5.69 Å². The van der Waals surface area contributed by atoms with Crippen molar-refractivity contribution in [2.75, 3.05) is 38.3 Å². The fourth-order valence-electron chi connectivity index (χ4n) is 1.88. The molecule has 0 atom stereocenters. The molecule has 1 N–H and O–H groups in total. The predicted octanol–water partition coefficient (Wildman–Crippen LogP) is 0.929. The Bertz CT molecular complexity index is 568. The molecule has 0 aromatic heterocycles. The number of nitro groups is 2. The van der Waals surface area contributed by atoms with Crippen LogP contribution in [0.5, 0.6) is 0 Å². The fraction of sp³-hybridized carbons (Fsp3) is 0.417. The molecule has 1 aliphatic rings. The average Bonchev–Trinajstić information content (AvgIpc) is 2.52. The molecule has 10 nitrogen and oxygen atoms in total. The van der Waals surface area contributed by atoms with Crippen LogP contribution in [0.15, 0.2) is 29.4 Å². The molecule has 1 aromatic carbocycles. The number of benzene rings is 1. The van der Waals surface area contributed by atoms with Gasteiger partial charge in [0.2, 0.25) is 0 Å². The lowest BCUT2D eigenvalue weighted by Gasteiger charge is -2.24. The van der Waals surface area contributed by atoms with Gasteiger partial charge in [-0.15, -0.1) is 0 Å². The number of rotatable bonds is 5. The first kappa shape index (κ1) is 15.8. The molecule has 0 radical (unpaired) electrons. The van der Waals surface area contributed by atoms with Crippen LogP contribution in [0.4, 0.5) is 11.4 Å². The lowest BCUT2D eigenvalue weighted by atomic mass is 10.3. The van der Waals surface area contributed by atoms with E-state index in [1.165, 1.54) is 24.3 Å². The number of nitrogens with zero attached hydrogens (tertiary/aromatic N) is 4. The summed E-state index contributed by atoms with van der Waals surface area (Å²) in [5.74, 6) is -0.222. The monoisotopic (exact) mass is 309 g/mol. The second-order valence-corrected chi connectivity index (χ2v) is 4.59. The van der Waals surface area contributed by atoms with Crippen LogP contribution in [0.2, 0.25) is 0 Å². The van der Waals surface area contributed by atoms with Crippen molar-refractivity contribution in [3.63, 3.8) is 0 Å². The van der Waals surface area contributed by atoms with Crippen LogP contribution in [0.3, 0.4) is 0 Å². The van der Waals surface area contributed by atoms with Crippen molar-refractivity contribution in [2.45, 2.75) is 0 Å². The van der Waals surface area contributed by atoms with Gasteiger partial charge in [-0.1, -0.05) is 0 Å². The van der Waals surface area contributed by atoms with Gasteiger partial charge in [-0.05, 0) is 17.1 Å². The van der Waals surface area contributed by atoms with Gasteiger partial charge in [-0.25, -0.2) is 0 Å². The normalized spacial score (nSPS) is 16.3. The van der Waals surface area contributed by atoms with E-state index in [9.17, 15) is 20.2 Å². The third-order valence-corrected chi connectivity index (χ3v) is 3.07. The molecule has 1 fully saturated rings. The Morgan fingerprint density at radius 1 is 1.23 bits per heavy atom. The molecule has 0 saturated carbocycles. The summed E-state index contributed by atoms with van der Waals surface area (Å²) in [5.41, 5.74) is 2.93. The summed E-state index contributed by atoms with van der Waals surface area (Å²) in [5, 5.41) is 25.3. The SMILES string of the molecule is O=[N+]([O-])/C(CN1CCOCC1)=N\Nc1ccc([N+](=O)[O-])cc1. The second-order valence-electron chi connectivity index (χ2n) is 4.59. The van der Waals surface area contributed by atoms with E-state index >= 15 is 0 Å². The van der Waals surface area contributed by atoms with E-state index < -0.39 is 9.85 Å². The lowest BCUT2D eigenvalue weighted by molar-refractivity contribution is -0.384. The summed E-state index contributed by atoms with van der Waals surface area (Å²) in [6.45, 7) is 2.42. The highest BCUT2D eigenvalue weighted by molar-refractivity contribution is 5.77. The molecule has 1 heterocycles. The van der Waals surface area contributed by atoms with Crippen molar-refractivity contribution in [3.05, 3.63) is 44.5 Å². The molecule has 0 aliphatic carbocycles. The Kier molecular flexibility index (Phi) is 5.33. The zero-order chi connectivity index (χ0) is 15.9. The Balaban J connectivity index is 2.00. The smallest absolute Gasteiger partial charge is 0.377 e. The van der Waals surface area contributed by atoms with Crippen LogP contribution in [-0.2, 0) is 4.74 Å². The first-order chi connectivity index (χ1) is 10.6. The topological polar surface area (TPSA) is 123 Å². The van der Waals surface area contributed by atoms with E-state index in [0.29, 0.717) is 32.0 Å². The van der Waals surface area contributed by atoms with Crippen molar-refractivity contribution in [3.8, 4) is 0 Å². The van der Waals surface area contributed by atoms with Gasteiger partial charge < -0.3 is 14.9 Å². The Morgan fingerprint density at radius 2 is 1.86 bits per heavy atom. The summed E-state index contributed by atoms with van der Waals surface area (Å²) < 4.78 is 5.18. The number of nitrogens with one attached hydrogen (secondary N) is 1. The molecule has 22 heavy (non-hydrogen) atoms. The molecule has 2 rings (SSSR count). The molecule has 1 saturated heterocycles. The number of hydrogen-bond donors (Lipinski definition) is 1. The summed E-state index contributed by atoms with van der Waals surface area (Å²) >= 11 is 0. The average molecular weight is 309 g/mol. The fourth-order valence-corrected chi connectivity index (χ4v) is 1.88. The maximum atomic E-state index is 11.0. The second kappa shape index (κ2) is 7.43. The van der Waals surface area contributed by atoms with Crippen molar-refractivity contribution < 1.29 is 14.6 Å². The molecule has 0 unspecified atom stereocenters. The van der Waals surface area contributed by atoms with E-state index in [1.54, 1.807) is 0 Å². The lowest BCUT2D eigenvalue weighted by Crippen LogP contribution is -2.41. The number of hydrazone groups is 1. The molecule has 0 bridgehead atoms. The minimum absolute atomic E-state index is 0.0580. The summed E-state index contributed by atoms with van der Waals surface area (Å²) in [7, 11) is 0. The minimum Gasteiger partial charge on any atom is -0.379 e. The van der Waals surface area contributed by atoms with Gasteiger partial charge in [-0.2, -0.15) is 5.43 Å². The molecule has 1 aromatic rings. The van der Waals surface area contributed by atoms with Crippen LogP contribution < -0.4 is 5.43 Å². The van der Waals surface area contributed by atoms with E-state index in [4.69, 9.17) is 4.74 Å². The van der Waals surface area contributed by atoms with Crippen LogP contribution in [0.25, 0.3) is 0 Å². The number of amidine groups is 1. The highest BCUT2D eigenvalue weighted by Crippen LogP contribution is 2.15. The van der Waals surface area contributed by atoms with Crippen molar-refractivity contribution in [1.82, 2.24) is 4.90 Å². The quantitative estimate of drug-likeness (QED) is 0.371. The highest BCUT2D eigenvalue weighted by atomic mass is 16.6. The first-order valence-electron chi connectivity index (χ1n) is 6.58. The van der Waals surface area contributed by atoms with Crippen molar-refractivity contribution in [1.29, 1.82) is 0 Å². The number of hydrogen-bond acceptors (Lipinski definition) is 8. The summed E-state index contributed by atoms with van der Waals surface area (Å²) in [4.78, 5) is 22.4. The van der Waals surface area contributed by atoms with Crippen molar-refractivity contribution >= 4 is 17.2 Å². The van der Waals surface area contributed by atoms with E-state index in [1.807, 2.05) is 4.90 Å². The Labute approximate surface area is 125 Å². The van der Waals surface area contributed by atoms with Gasteiger partial charge in [0.05, 0.1) is 28.9 Å². The molecule has 10 heteroatoms. The van der Waals surface area contributed by atoms with E-state index in [0.717, 1.165) is 0 Å². The first-order valence-corrected chi connectivity index (χ1v) is 6.58. The van der Waals surface area contributed by atoms with Crippen molar-refractivity contribution in [2.24, 2.45) is 5.10 Å². The van der Waals surface area contributed by atoms with E-state index in [2.05, 4.69) is 10.5 Å². The molecule has 118 valence electrons. The third kappa shape index (κ3) is 4.46. The molecular formula is C12H15N5O5. The number of nitro benzene ring substituents is 1. The van der Waals surface area contributed by atoms with Gasteiger partial charge in [0.15, 0.2) is 0 Å². The summed E-state index contributed by atoms with van der Waals surface area (Å²) in [6.07, 6.45) is 0. The molecule has 0 amide bonds. The maximum absolute atomic E-state index is 11.0.